The lowest BCUT2D eigenvalue weighted by atomic mass is 10.1. The van der Waals surface area contributed by atoms with Gasteiger partial charge in [-0.1, -0.05) is 12.1 Å². The van der Waals surface area contributed by atoms with Gasteiger partial charge < -0.3 is 9.47 Å². The predicted molar refractivity (Wildman–Crippen MR) is 87.8 cm³/mol. The van der Waals surface area contributed by atoms with E-state index < -0.39 is 24.1 Å². The molecule has 134 valence electrons. The summed E-state index contributed by atoms with van der Waals surface area (Å²) in [6, 6.07) is 6.60. The van der Waals surface area contributed by atoms with Crippen LogP contribution in [0.25, 0.3) is 0 Å². The first-order chi connectivity index (χ1) is 11.7. The molecule has 0 radical (unpaired) electrons. The number of carbonyl (C=O) groups excluding carboxylic acids is 4. The normalized spacial score (nSPS) is 13.6. The van der Waals surface area contributed by atoms with Gasteiger partial charge in [-0.05, 0) is 39.3 Å². The summed E-state index contributed by atoms with van der Waals surface area (Å²) in [5, 5.41) is 0. The van der Waals surface area contributed by atoms with Gasteiger partial charge in [0.2, 0.25) is 0 Å². The van der Waals surface area contributed by atoms with Crippen molar-refractivity contribution in [2.45, 2.75) is 39.2 Å². The van der Waals surface area contributed by atoms with Crippen LogP contribution in [-0.2, 0) is 19.1 Å². The van der Waals surface area contributed by atoms with Gasteiger partial charge in [-0.25, -0.2) is 4.79 Å². The van der Waals surface area contributed by atoms with E-state index in [2.05, 4.69) is 0 Å². The zero-order chi connectivity index (χ0) is 18.6. The first-order valence-corrected chi connectivity index (χ1v) is 8.02. The SMILES string of the molecule is CC(C)(C)OC(=O)COC(=O)CCCN1C(=O)c2ccccc2C1=O. The average molecular weight is 347 g/mol. The summed E-state index contributed by atoms with van der Waals surface area (Å²) in [5.74, 6) is -1.92. The minimum absolute atomic E-state index is 0.00377. The highest BCUT2D eigenvalue weighted by Gasteiger charge is 2.34. The van der Waals surface area contributed by atoms with Crippen LogP contribution in [-0.4, -0.2) is 47.4 Å². The second-order valence-electron chi connectivity index (χ2n) is 6.66. The zero-order valence-electron chi connectivity index (χ0n) is 14.5. The predicted octanol–water partition coefficient (Wildman–Crippen LogP) is 1.95. The highest BCUT2D eigenvalue weighted by Crippen LogP contribution is 2.22. The molecule has 0 saturated heterocycles. The van der Waals surface area contributed by atoms with Crippen molar-refractivity contribution in [3.8, 4) is 0 Å². The molecule has 2 rings (SSSR count). The molecule has 7 heteroatoms. The number of hydrogen-bond donors (Lipinski definition) is 0. The third kappa shape index (κ3) is 4.89. The Hall–Kier alpha value is -2.70. The number of nitrogens with zero attached hydrogens (tertiary/aromatic N) is 1. The number of rotatable bonds is 6. The molecule has 0 aromatic heterocycles. The Morgan fingerprint density at radius 2 is 1.56 bits per heavy atom. The quantitative estimate of drug-likeness (QED) is 0.577. The number of esters is 2. The number of carbonyl (C=O) groups is 4. The van der Waals surface area contributed by atoms with Gasteiger partial charge in [-0.3, -0.25) is 19.3 Å². The number of benzene rings is 1. The zero-order valence-corrected chi connectivity index (χ0v) is 14.5. The molecule has 1 aliphatic heterocycles. The van der Waals surface area contributed by atoms with Crippen LogP contribution in [0.5, 0.6) is 0 Å². The van der Waals surface area contributed by atoms with Crippen molar-refractivity contribution >= 4 is 23.8 Å². The van der Waals surface area contributed by atoms with Crippen LogP contribution in [0.4, 0.5) is 0 Å². The van der Waals surface area contributed by atoms with Crippen LogP contribution in [0.3, 0.4) is 0 Å². The van der Waals surface area contributed by atoms with E-state index in [0.29, 0.717) is 11.1 Å². The van der Waals surface area contributed by atoms with E-state index in [1.165, 1.54) is 0 Å². The molecule has 0 spiro atoms. The summed E-state index contributed by atoms with van der Waals surface area (Å²) in [7, 11) is 0. The molecule has 0 atom stereocenters. The van der Waals surface area contributed by atoms with E-state index in [4.69, 9.17) is 9.47 Å². The lowest BCUT2D eigenvalue weighted by Crippen LogP contribution is -2.31. The number of imide groups is 1. The van der Waals surface area contributed by atoms with Crippen LogP contribution in [0.1, 0.15) is 54.3 Å². The van der Waals surface area contributed by atoms with Gasteiger partial charge >= 0.3 is 11.9 Å². The van der Waals surface area contributed by atoms with Crippen molar-refractivity contribution < 1.29 is 28.7 Å². The second kappa shape index (κ2) is 7.46. The van der Waals surface area contributed by atoms with Crippen molar-refractivity contribution in [1.29, 1.82) is 0 Å². The first kappa shape index (κ1) is 18.6. The van der Waals surface area contributed by atoms with Gasteiger partial charge in [0.15, 0.2) is 6.61 Å². The summed E-state index contributed by atoms with van der Waals surface area (Å²) in [6.07, 6.45) is 0.259. The van der Waals surface area contributed by atoms with Gasteiger partial charge in [0, 0.05) is 13.0 Å². The second-order valence-corrected chi connectivity index (χ2v) is 6.66. The lowest BCUT2D eigenvalue weighted by Gasteiger charge is -2.19. The van der Waals surface area contributed by atoms with E-state index in [1.807, 2.05) is 0 Å². The van der Waals surface area contributed by atoms with Gasteiger partial charge in [-0.2, -0.15) is 0 Å². The average Bonchev–Trinajstić information content (AvgIpc) is 2.77. The molecule has 0 aliphatic carbocycles. The van der Waals surface area contributed by atoms with E-state index in [1.54, 1.807) is 45.0 Å². The minimum atomic E-state index is -0.644. The molecule has 1 aromatic rings. The summed E-state index contributed by atoms with van der Waals surface area (Å²) in [6.45, 7) is 4.81. The summed E-state index contributed by atoms with van der Waals surface area (Å²) in [4.78, 5) is 48.5. The lowest BCUT2D eigenvalue weighted by molar-refractivity contribution is -0.166. The summed E-state index contributed by atoms with van der Waals surface area (Å²) in [5.41, 5.74) is 0.106. The van der Waals surface area contributed by atoms with Crippen LogP contribution in [0, 0.1) is 0 Å². The summed E-state index contributed by atoms with van der Waals surface area (Å²) >= 11 is 0. The Morgan fingerprint density at radius 1 is 1.00 bits per heavy atom. The van der Waals surface area contributed by atoms with E-state index in [0.717, 1.165) is 4.90 Å². The van der Waals surface area contributed by atoms with E-state index in [9.17, 15) is 19.2 Å². The third-order valence-electron chi connectivity index (χ3n) is 3.41. The van der Waals surface area contributed by atoms with Crippen LogP contribution in [0.2, 0.25) is 0 Å². The molecule has 1 aliphatic rings. The van der Waals surface area contributed by atoms with Crippen LogP contribution >= 0.6 is 0 Å². The molecule has 0 N–H and O–H groups in total. The van der Waals surface area contributed by atoms with E-state index >= 15 is 0 Å². The standard InChI is InChI=1S/C18H21NO6/c1-18(2,3)25-15(21)11-24-14(20)9-6-10-19-16(22)12-7-4-5-8-13(12)17(19)23/h4-5,7-8H,6,9-11H2,1-3H3. The summed E-state index contributed by atoms with van der Waals surface area (Å²) < 4.78 is 9.85. The Kier molecular flexibility index (Phi) is 5.56. The molecular weight excluding hydrogens is 326 g/mol. The number of ether oxygens (including phenoxy) is 2. The first-order valence-electron chi connectivity index (χ1n) is 8.02. The Morgan fingerprint density at radius 3 is 2.08 bits per heavy atom. The van der Waals surface area contributed by atoms with Gasteiger partial charge in [-0.15, -0.1) is 0 Å². The number of amides is 2. The third-order valence-corrected chi connectivity index (χ3v) is 3.41. The van der Waals surface area contributed by atoms with Crippen LogP contribution < -0.4 is 0 Å². The topological polar surface area (TPSA) is 90.0 Å². The largest absolute Gasteiger partial charge is 0.457 e. The maximum atomic E-state index is 12.2. The van der Waals surface area contributed by atoms with Crippen molar-refractivity contribution in [3.05, 3.63) is 35.4 Å². The molecule has 0 bridgehead atoms. The maximum Gasteiger partial charge on any atom is 0.344 e. The molecule has 1 aromatic carbocycles. The number of fused-ring (bicyclic) bond motifs is 1. The molecule has 2 amide bonds. The highest BCUT2D eigenvalue weighted by molar-refractivity contribution is 6.21. The smallest absolute Gasteiger partial charge is 0.344 e. The molecule has 7 nitrogen and oxygen atoms in total. The maximum absolute atomic E-state index is 12.2. The van der Waals surface area contributed by atoms with Crippen LogP contribution in [0.15, 0.2) is 24.3 Å². The molecule has 0 saturated carbocycles. The molecular formula is C18H21NO6. The van der Waals surface area contributed by atoms with Crippen molar-refractivity contribution in [3.63, 3.8) is 0 Å². The fraction of sp³-hybridized carbons (Fsp3) is 0.444. The Bertz CT molecular complexity index is 669. The van der Waals surface area contributed by atoms with Gasteiger partial charge in [0.05, 0.1) is 11.1 Å². The van der Waals surface area contributed by atoms with Crippen molar-refractivity contribution in [2.24, 2.45) is 0 Å². The monoisotopic (exact) mass is 347 g/mol. The molecule has 0 fully saturated rings. The van der Waals surface area contributed by atoms with Crippen molar-refractivity contribution in [1.82, 2.24) is 4.90 Å². The minimum Gasteiger partial charge on any atom is -0.457 e. The van der Waals surface area contributed by atoms with Crippen molar-refractivity contribution in [2.75, 3.05) is 13.2 Å². The Labute approximate surface area is 145 Å². The molecule has 25 heavy (non-hydrogen) atoms. The Balaban J connectivity index is 1.75. The number of hydrogen-bond acceptors (Lipinski definition) is 6. The molecule has 0 unspecified atom stereocenters. The molecule has 1 heterocycles. The fourth-order valence-corrected chi connectivity index (χ4v) is 2.41. The van der Waals surface area contributed by atoms with Gasteiger partial charge in [0.25, 0.3) is 11.8 Å². The van der Waals surface area contributed by atoms with Gasteiger partial charge in [0.1, 0.15) is 5.60 Å². The van der Waals surface area contributed by atoms with E-state index in [-0.39, 0.29) is 31.2 Å². The highest BCUT2D eigenvalue weighted by atomic mass is 16.6. The fourth-order valence-electron chi connectivity index (χ4n) is 2.41.